The molecule has 0 aliphatic carbocycles. The Balaban J connectivity index is 2.16. The average Bonchev–Trinajstić information content (AvgIpc) is 2.81. The molecule has 0 aliphatic rings. The molecule has 0 unspecified atom stereocenters. The van der Waals surface area contributed by atoms with Gasteiger partial charge in [-0.1, -0.05) is 33.2 Å². The molecule has 0 saturated heterocycles. The molecule has 2 rings (SSSR count). The van der Waals surface area contributed by atoms with Gasteiger partial charge in [0.25, 0.3) is 0 Å². The first-order chi connectivity index (χ1) is 9.10. The van der Waals surface area contributed by atoms with Crippen LogP contribution in [0.5, 0.6) is 0 Å². The third-order valence-electron chi connectivity index (χ3n) is 2.55. The minimum atomic E-state index is -0.0946. The Labute approximate surface area is 119 Å². The zero-order valence-electron chi connectivity index (χ0n) is 10.6. The molecule has 6 heteroatoms. The number of nitrogens with zero attached hydrogens (tertiary/aromatic N) is 2. The van der Waals surface area contributed by atoms with Crippen molar-refractivity contribution in [2.24, 2.45) is 0 Å². The molecule has 0 amide bonds. The van der Waals surface area contributed by atoms with Gasteiger partial charge in [0.1, 0.15) is 6.61 Å². The summed E-state index contributed by atoms with van der Waals surface area (Å²) in [5.41, 5.74) is 1.97. The Morgan fingerprint density at radius 1 is 1.47 bits per heavy atom. The quantitative estimate of drug-likeness (QED) is 0.845. The first-order valence-corrected chi connectivity index (χ1v) is 6.49. The minimum absolute atomic E-state index is 0.0494. The van der Waals surface area contributed by atoms with Crippen LogP contribution >= 0.6 is 15.9 Å². The van der Waals surface area contributed by atoms with E-state index in [0.29, 0.717) is 11.7 Å². The molecule has 1 aromatic carbocycles. The molecule has 0 spiro atoms. The number of ether oxygens (including phenoxy) is 1. The van der Waals surface area contributed by atoms with Crippen molar-refractivity contribution >= 4 is 21.7 Å². The molecule has 0 atom stereocenters. The van der Waals surface area contributed by atoms with Crippen LogP contribution in [0.1, 0.15) is 11.5 Å². The monoisotopic (exact) mass is 324 g/mol. The summed E-state index contributed by atoms with van der Waals surface area (Å²) in [5, 5.41) is 3.87. The standard InChI is InChI=1S/C13H13BrN2O3/c1-8-3-4-9(5-11(8)14)13-15-12(19-16-13)6-10(17)7-18-2/h3-5H,6-7H2,1-2H3. The topological polar surface area (TPSA) is 65.2 Å². The van der Waals surface area contributed by atoms with Gasteiger partial charge in [0.2, 0.25) is 11.7 Å². The number of aryl methyl sites for hydroxylation is 1. The first-order valence-electron chi connectivity index (χ1n) is 5.70. The third-order valence-corrected chi connectivity index (χ3v) is 3.41. The number of methoxy groups -OCH3 is 1. The molecule has 0 aliphatic heterocycles. The SMILES string of the molecule is COCC(=O)Cc1nc(-c2ccc(C)c(Br)c2)no1. The van der Waals surface area contributed by atoms with Gasteiger partial charge in [-0.05, 0) is 18.6 Å². The van der Waals surface area contributed by atoms with Crippen molar-refractivity contribution in [2.75, 3.05) is 13.7 Å². The molecule has 0 saturated carbocycles. The molecule has 0 N–H and O–H groups in total. The number of rotatable bonds is 5. The number of carbonyl (C=O) groups excluding carboxylic acids is 1. The highest BCUT2D eigenvalue weighted by Crippen LogP contribution is 2.23. The summed E-state index contributed by atoms with van der Waals surface area (Å²) in [6, 6.07) is 5.79. The van der Waals surface area contributed by atoms with Crippen LogP contribution in [0, 0.1) is 6.92 Å². The van der Waals surface area contributed by atoms with E-state index in [-0.39, 0.29) is 18.8 Å². The number of aromatic nitrogens is 2. The van der Waals surface area contributed by atoms with Crippen molar-refractivity contribution in [3.63, 3.8) is 0 Å². The van der Waals surface area contributed by atoms with Gasteiger partial charge >= 0.3 is 0 Å². The lowest BCUT2D eigenvalue weighted by atomic mass is 10.1. The molecule has 5 nitrogen and oxygen atoms in total. The van der Waals surface area contributed by atoms with E-state index in [0.717, 1.165) is 15.6 Å². The van der Waals surface area contributed by atoms with Crippen LogP contribution in [0.15, 0.2) is 27.2 Å². The van der Waals surface area contributed by atoms with E-state index >= 15 is 0 Å². The highest BCUT2D eigenvalue weighted by Gasteiger charge is 2.12. The maximum atomic E-state index is 11.4. The Bertz CT molecular complexity index is 595. The minimum Gasteiger partial charge on any atom is -0.377 e. The van der Waals surface area contributed by atoms with Gasteiger partial charge in [-0.25, -0.2) is 0 Å². The summed E-state index contributed by atoms with van der Waals surface area (Å²) in [6.07, 6.45) is 0.0911. The summed E-state index contributed by atoms with van der Waals surface area (Å²) in [6.45, 7) is 2.05. The predicted octanol–water partition coefficient (Wildman–Crippen LogP) is 2.57. The van der Waals surface area contributed by atoms with Gasteiger partial charge in [0.15, 0.2) is 5.78 Å². The zero-order valence-corrected chi connectivity index (χ0v) is 12.2. The Morgan fingerprint density at radius 3 is 2.95 bits per heavy atom. The van der Waals surface area contributed by atoms with E-state index in [9.17, 15) is 4.79 Å². The Hall–Kier alpha value is -1.53. The van der Waals surface area contributed by atoms with Gasteiger partial charge < -0.3 is 9.26 Å². The average molecular weight is 325 g/mol. The maximum absolute atomic E-state index is 11.4. The van der Waals surface area contributed by atoms with E-state index in [1.807, 2.05) is 25.1 Å². The molecule has 2 aromatic rings. The number of carbonyl (C=O) groups is 1. The largest absolute Gasteiger partial charge is 0.377 e. The number of Topliss-reactive ketones (excluding diaryl/α,β-unsaturated/α-hetero) is 1. The fourth-order valence-electron chi connectivity index (χ4n) is 1.56. The number of hydrogen-bond acceptors (Lipinski definition) is 5. The molecule has 100 valence electrons. The maximum Gasteiger partial charge on any atom is 0.234 e. The third kappa shape index (κ3) is 3.48. The van der Waals surface area contributed by atoms with Crippen LogP contribution in [0.3, 0.4) is 0 Å². The molecule has 0 fully saturated rings. The number of halogens is 1. The zero-order chi connectivity index (χ0) is 13.8. The van der Waals surface area contributed by atoms with E-state index in [2.05, 4.69) is 26.1 Å². The van der Waals surface area contributed by atoms with Crippen molar-refractivity contribution in [1.82, 2.24) is 10.1 Å². The number of benzene rings is 1. The molecule has 19 heavy (non-hydrogen) atoms. The lowest BCUT2D eigenvalue weighted by molar-refractivity contribution is -0.122. The number of hydrogen-bond donors (Lipinski definition) is 0. The van der Waals surface area contributed by atoms with Crippen LogP contribution in [0.4, 0.5) is 0 Å². The second-order valence-electron chi connectivity index (χ2n) is 4.12. The van der Waals surface area contributed by atoms with E-state index in [4.69, 9.17) is 9.26 Å². The Morgan fingerprint density at radius 2 is 2.26 bits per heavy atom. The van der Waals surface area contributed by atoms with Crippen molar-refractivity contribution in [2.45, 2.75) is 13.3 Å². The van der Waals surface area contributed by atoms with Gasteiger partial charge in [-0.3, -0.25) is 4.79 Å². The van der Waals surface area contributed by atoms with Crippen molar-refractivity contribution in [3.05, 3.63) is 34.1 Å². The first kappa shape index (κ1) is 13.9. The highest BCUT2D eigenvalue weighted by atomic mass is 79.9. The Kier molecular flexibility index (Phi) is 4.44. The van der Waals surface area contributed by atoms with Crippen LogP contribution < -0.4 is 0 Å². The smallest absolute Gasteiger partial charge is 0.234 e. The molecule has 0 bridgehead atoms. The predicted molar refractivity (Wildman–Crippen MR) is 72.8 cm³/mol. The lowest BCUT2D eigenvalue weighted by Crippen LogP contribution is -2.09. The van der Waals surface area contributed by atoms with Gasteiger partial charge in [-0.2, -0.15) is 4.98 Å². The molecule has 1 aromatic heterocycles. The van der Waals surface area contributed by atoms with Crippen LogP contribution in [0.2, 0.25) is 0 Å². The van der Waals surface area contributed by atoms with Gasteiger partial charge in [0.05, 0.1) is 6.42 Å². The lowest BCUT2D eigenvalue weighted by Gasteiger charge is -1.99. The van der Waals surface area contributed by atoms with Crippen LogP contribution in [0.25, 0.3) is 11.4 Å². The summed E-state index contributed by atoms with van der Waals surface area (Å²) in [7, 11) is 1.47. The second kappa shape index (κ2) is 6.08. The van der Waals surface area contributed by atoms with Crippen molar-refractivity contribution in [1.29, 1.82) is 0 Å². The van der Waals surface area contributed by atoms with Crippen molar-refractivity contribution < 1.29 is 14.1 Å². The summed E-state index contributed by atoms with van der Waals surface area (Å²) in [5.74, 6) is 0.678. The normalized spacial score (nSPS) is 10.7. The second-order valence-corrected chi connectivity index (χ2v) is 4.98. The van der Waals surface area contributed by atoms with Gasteiger partial charge in [-0.15, -0.1) is 0 Å². The summed E-state index contributed by atoms with van der Waals surface area (Å²) < 4.78 is 10.8. The number of ketones is 1. The summed E-state index contributed by atoms with van der Waals surface area (Å²) in [4.78, 5) is 15.6. The molecule has 0 radical (unpaired) electrons. The van der Waals surface area contributed by atoms with E-state index in [1.165, 1.54) is 7.11 Å². The van der Waals surface area contributed by atoms with E-state index < -0.39 is 0 Å². The molecule has 1 heterocycles. The van der Waals surface area contributed by atoms with Crippen LogP contribution in [-0.2, 0) is 16.0 Å². The fraction of sp³-hybridized carbons (Fsp3) is 0.308. The molecular weight excluding hydrogens is 312 g/mol. The van der Waals surface area contributed by atoms with Gasteiger partial charge in [0, 0.05) is 17.1 Å². The molecular formula is C13H13BrN2O3. The fourth-order valence-corrected chi connectivity index (χ4v) is 1.94. The summed E-state index contributed by atoms with van der Waals surface area (Å²) >= 11 is 3.45. The van der Waals surface area contributed by atoms with Crippen molar-refractivity contribution in [3.8, 4) is 11.4 Å². The van der Waals surface area contributed by atoms with Crippen LogP contribution in [-0.4, -0.2) is 29.6 Å². The van der Waals surface area contributed by atoms with E-state index in [1.54, 1.807) is 0 Å². The highest BCUT2D eigenvalue weighted by molar-refractivity contribution is 9.10.